The predicted molar refractivity (Wildman–Crippen MR) is 130 cm³/mol. The Morgan fingerprint density at radius 2 is 1.94 bits per heavy atom. The van der Waals surface area contributed by atoms with E-state index in [-0.39, 0.29) is 5.91 Å². The van der Waals surface area contributed by atoms with Gasteiger partial charge >= 0.3 is 0 Å². The molecule has 0 atom stereocenters. The summed E-state index contributed by atoms with van der Waals surface area (Å²) < 4.78 is 1.94. The van der Waals surface area contributed by atoms with Crippen molar-refractivity contribution in [2.24, 2.45) is 0 Å². The molecular weight excluding hydrogens is 422 g/mol. The number of pyridine rings is 1. The second-order valence-electron chi connectivity index (χ2n) is 8.06. The van der Waals surface area contributed by atoms with Crippen molar-refractivity contribution in [2.45, 2.75) is 6.54 Å². The van der Waals surface area contributed by atoms with Crippen LogP contribution in [0.4, 0.5) is 11.4 Å². The molecule has 0 bridgehead atoms. The number of rotatable bonds is 5. The van der Waals surface area contributed by atoms with Gasteiger partial charge in [-0.2, -0.15) is 0 Å². The Morgan fingerprint density at radius 1 is 1.12 bits per heavy atom. The monoisotopic (exact) mass is 443 g/mol. The fourth-order valence-corrected chi connectivity index (χ4v) is 4.12. The molecule has 2 aromatic heterocycles. The Balaban J connectivity index is 1.63. The first kappa shape index (κ1) is 20.3. The van der Waals surface area contributed by atoms with E-state index in [1.165, 1.54) is 5.56 Å². The number of fused-ring (bicyclic) bond motifs is 2. The minimum absolute atomic E-state index is 0.167. The van der Waals surface area contributed by atoms with E-state index in [0.29, 0.717) is 16.3 Å². The fraction of sp³-hybridized carbons (Fsp3) is 0.120. The van der Waals surface area contributed by atoms with E-state index in [0.717, 1.165) is 34.7 Å². The van der Waals surface area contributed by atoms with Crippen LogP contribution in [0.2, 0.25) is 5.02 Å². The smallest absolute Gasteiger partial charge is 0.258 e. The maximum Gasteiger partial charge on any atom is 0.258 e. The highest BCUT2D eigenvalue weighted by Crippen LogP contribution is 2.38. The molecule has 160 valence electrons. The Labute approximate surface area is 191 Å². The number of benzene rings is 2. The topological polar surface area (TPSA) is 61.7 Å². The molecule has 7 heteroatoms. The van der Waals surface area contributed by atoms with Crippen molar-refractivity contribution in [1.82, 2.24) is 14.3 Å². The molecule has 2 N–H and O–H groups in total. The summed E-state index contributed by atoms with van der Waals surface area (Å²) in [6.07, 6.45) is 5.61. The molecule has 1 aliphatic rings. The molecule has 1 amide bonds. The van der Waals surface area contributed by atoms with E-state index >= 15 is 0 Å². The van der Waals surface area contributed by atoms with Crippen LogP contribution in [0.25, 0.3) is 16.9 Å². The molecule has 0 aliphatic carbocycles. The summed E-state index contributed by atoms with van der Waals surface area (Å²) in [6.45, 7) is 0.863. The van der Waals surface area contributed by atoms with Gasteiger partial charge in [-0.15, -0.1) is 0 Å². The van der Waals surface area contributed by atoms with Crippen LogP contribution in [0, 0.1) is 0 Å². The lowest BCUT2D eigenvalue weighted by atomic mass is 10.0. The average Bonchev–Trinajstić information content (AvgIpc) is 3.35. The van der Waals surface area contributed by atoms with Crippen LogP contribution in [0.5, 0.6) is 0 Å². The molecule has 0 unspecified atom stereocenters. The number of halogens is 1. The number of amides is 1. The first-order chi connectivity index (χ1) is 15.5. The van der Waals surface area contributed by atoms with Crippen molar-refractivity contribution in [3.05, 3.63) is 94.9 Å². The van der Waals surface area contributed by atoms with Crippen LogP contribution >= 0.6 is 11.6 Å². The third-order valence-corrected chi connectivity index (χ3v) is 5.61. The molecule has 1 aliphatic heterocycles. The van der Waals surface area contributed by atoms with E-state index in [2.05, 4.69) is 32.7 Å². The van der Waals surface area contributed by atoms with Gasteiger partial charge in [0.15, 0.2) is 0 Å². The minimum Gasteiger partial charge on any atom is -0.354 e. The molecule has 6 nitrogen and oxygen atoms in total. The van der Waals surface area contributed by atoms with Crippen molar-refractivity contribution in [2.75, 3.05) is 24.7 Å². The molecule has 0 spiro atoms. The Bertz CT molecular complexity index is 1350. The highest BCUT2D eigenvalue weighted by molar-refractivity contribution is 6.38. The standard InChI is InChI=1S/C25H22ClN5O/c1-30(2)14-16-3-7-19(8-4-16)28-24(17-5-10-22-27-11-12-31(22)15-17)23-20-9-6-18(26)13-21(20)29-25(23)32/h3-13,15,28H,14H2,1-2H3,(H,29,32)/b24-23-. The van der Waals surface area contributed by atoms with Crippen molar-refractivity contribution in [3.63, 3.8) is 0 Å². The van der Waals surface area contributed by atoms with Gasteiger partial charge in [0.1, 0.15) is 5.65 Å². The number of aromatic nitrogens is 2. The zero-order chi connectivity index (χ0) is 22.2. The van der Waals surface area contributed by atoms with Crippen molar-refractivity contribution >= 4 is 45.8 Å². The second kappa shape index (κ2) is 8.15. The van der Waals surface area contributed by atoms with Crippen molar-refractivity contribution < 1.29 is 4.79 Å². The summed E-state index contributed by atoms with van der Waals surface area (Å²) in [5, 5.41) is 7.02. The quantitative estimate of drug-likeness (QED) is 0.427. The first-order valence-corrected chi connectivity index (χ1v) is 10.6. The fourth-order valence-electron chi connectivity index (χ4n) is 3.94. The Hall–Kier alpha value is -3.61. The van der Waals surface area contributed by atoms with Gasteiger partial charge in [0.25, 0.3) is 5.91 Å². The summed E-state index contributed by atoms with van der Waals surface area (Å²) in [5.74, 6) is -0.167. The summed E-state index contributed by atoms with van der Waals surface area (Å²) in [7, 11) is 4.09. The number of hydrogen-bond acceptors (Lipinski definition) is 4. The van der Waals surface area contributed by atoms with Gasteiger partial charge in [-0.1, -0.05) is 29.8 Å². The zero-order valence-electron chi connectivity index (χ0n) is 17.8. The average molecular weight is 444 g/mol. The van der Waals surface area contributed by atoms with Gasteiger partial charge < -0.3 is 19.9 Å². The largest absolute Gasteiger partial charge is 0.354 e. The number of carbonyl (C=O) groups is 1. The zero-order valence-corrected chi connectivity index (χ0v) is 18.5. The number of imidazole rings is 1. The second-order valence-corrected chi connectivity index (χ2v) is 8.50. The van der Waals surface area contributed by atoms with Crippen LogP contribution in [-0.2, 0) is 11.3 Å². The van der Waals surface area contributed by atoms with Crippen molar-refractivity contribution in [1.29, 1.82) is 0 Å². The van der Waals surface area contributed by atoms with Gasteiger partial charge in [0, 0.05) is 47.0 Å². The lowest BCUT2D eigenvalue weighted by molar-refractivity contribution is -0.110. The maximum absolute atomic E-state index is 13.1. The van der Waals surface area contributed by atoms with Gasteiger partial charge in [-0.25, -0.2) is 4.98 Å². The number of hydrogen-bond donors (Lipinski definition) is 2. The van der Waals surface area contributed by atoms with Crippen LogP contribution in [-0.4, -0.2) is 34.3 Å². The lowest BCUT2D eigenvalue weighted by Gasteiger charge is -2.16. The molecule has 0 saturated heterocycles. The van der Waals surface area contributed by atoms with Crippen LogP contribution in [0.15, 0.2) is 73.2 Å². The van der Waals surface area contributed by atoms with Gasteiger partial charge in [-0.05, 0) is 56.1 Å². The summed E-state index contributed by atoms with van der Waals surface area (Å²) in [4.78, 5) is 19.5. The summed E-state index contributed by atoms with van der Waals surface area (Å²) >= 11 is 6.15. The SMILES string of the molecule is CN(C)Cc1ccc(N/C(=C2\C(=O)Nc3cc(Cl)ccc32)c2ccc3nccn3c2)cc1. The minimum atomic E-state index is -0.167. The molecule has 32 heavy (non-hydrogen) atoms. The van der Waals surface area contributed by atoms with Crippen molar-refractivity contribution in [3.8, 4) is 0 Å². The third kappa shape index (κ3) is 3.86. The summed E-state index contributed by atoms with van der Waals surface area (Å²) in [6, 6.07) is 17.6. The highest BCUT2D eigenvalue weighted by atomic mass is 35.5. The molecular formula is C25H22ClN5O. The molecule has 0 saturated carbocycles. The van der Waals surface area contributed by atoms with Crippen LogP contribution < -0.4 is 10.6 Å². The number of carbonyl (C=O) groups excluding carboxylic acids is 1. The molecule has 0 fully saturated rings. The van der Waals surface area contributed by atoms with E-state index in [4.69, 9.17) is 11.6 Å². The molecule has 3 heterocycles. The van der Waals surface area contributed by atoms with Gasteiger partial charge in [0.05, 0.1) is 17.0 Å². The molecule has 0 radical (unpaired) electrons. The lowest BCUT2D eigenvalue weighted by Crippen LogP contribution is -2.11. The van der Waals surface area contributed by atoms with E-state index in [1.54, 1.807) is 18.3 Å². The van der Waals surface area contributed by atoms with Gasteiger partial charge in [0.2, 0.25) is 0 Å². The Morgan fingerprint density at radius 3 is 2.72 bits per heavy atom. The highest BCUT2D eigenvalue weighted by Gasteiger charge is 2.28. The Kier molecular flexibility index (Phi) is 5.17. The summed E-state index contributed by atoms with van der Waals surface area (Å²) in [5.41, 5.74) is 6.66. The number of nitrogens with zero attached hydrogens (tertiary/aromatic N) is 3. The molecule has 5 rings (SSSR count). The number of nitrogens with one attached hydrogen (secondary N) is 2. The van der Waals surface area contributed by atoms with Crippen LogP contribution in [0.1, 0.15) is 16.7 Å². The molecule has 2 aromatic carbocycles. The predicted octanol–water partition coefficient (Wildman–Crippen LogP) is 4.98. The normalized spacial score (nSPS) is 14.6. The van der Waals surface area contributed by atoms with E-state index in [1.807, 2.05) is 61.2 Å². The molecule has 4 aromatic rings. The van der Waals surface area contributed by atoms with E-state index < -0.39 is 0 Å². The maximum atomic E-state index is 13.1. The number of anilines is 2. The third-order valence-electron chi connectivity index (χ3n) is 5.38. The first-order valence-electron chi connectivity index (χ1n) is 10.3. The van der Waals surface area contributed by atoms with E-state index in [9.17, 15) is 4.79 Å². The van der Waals surface area contributed by atoms with Crippen LogP contribution in [0.3, 0.4) is 0 Å². The van der Waals surface area contributed by atoms with Gasteiger partial charge in [-0.3, -0.25) is 4.79 Å².